The Balaban J connectivity index is 1.50. The third-order valence-electron chi connectivity index (χ3n) is 5.64. The largest absolute Gasteiger partial charge is 0.366 e. The van der Waals surface area contributed by atoms with Crippen molar-refractivity contribution in [3.63, 3.8) is 0 Å². The van der Waals surface area contributed by atoms with E-state index in [1.807, 2.05) is 24.1 Å². The van der Waals surface area contributed by atoms with E-state index in [9.17, 15) is 9.59 Å². The minimum Gasteiger partial charge on any atom is -0.366 e. The number of likely N-dealkylation sites (tertiary alicyclic amines) is 1. The monoisotopic (exact) mass is 367 g/mol. The van der Waals surface area contributed by atoms with Crippen LogP contribution in [0.25, 0.3) is 11.4 Å². The Hall–Kier alpha value is -2.67. The van der Waals surface area contributed by atoms with E-state index in [1.165, 1.54) is 6.42 Å². The van der Waals surface area contributed by atoms with Gasteiger partial charge in [-0.15, -0.1) is 0 Å². The first-order valence-electron chi connectivity index (χ1n) is 9.50. The van der Waals surface area contributed by atoms with Gasteiger partial charge in [0.1, 0.15) is 5.82 Å². The van der Waals surface area contributed by atoms with Gasteiger partial charge in [-0.3, -0.25) is 14.5 Å². The second-order valence-corrected chi connectivity index (χ2v) is 7.45. The van der Waals surface area contributed by atoms with Crippen LogP contribution in [0, 0.1) is 0 Å². The number of imidazole rings is 1. The number of aromatic nitrogens is 2. The maximum atomic E-state index is 13.0. The quantitative estimate of drug-likeness (QED) is 0.860. The molecule has 0 unspecified atom stereocenters. The lowest BCUT2D eigenvalue weighted by Gasteiger charge is -2.36. The van der Waals surface area contributed by atoms with Crippen LogP contribution in [0.5, 0.6) is 0 Å². The van der Waals surface area contributed by atoms with Crippen molar-refractivity contribution in [1.82, 2.24) is 19.8 Å². The highest BCUT2D eigenvalue weighted by atomic mass is 16.2. The molecule has 27 heavy (non-hydrogen) atoms. The molecule has 1 saturated heterocycles. The van der Waals surface area contributed by atoms with Crippen LogP contribution in [0.2, 0.25) is 0 Å². The van der Waals surface area contributed by atoms with Crippen LogP contribution < -0.4 is 5.73 Å². The number of amides is 2. The van der Waals surface area contributed by atoms with E-state index >= 15 is 0 Å². The van der Waals surface area contributed by atoms with E-state index in [2.05, 4.69) is 9.88 Å². The summed E-state index contributed by atoms with van der Waals surface area (Å²) >= 11 is 0. The van der Waals surface area contributed by atoms with Crippen molar-refractivity contribution in [2.24, 2.45) is 5.73 Å². The lowest BCUT2D eigenvalue weighted by molar-refractivity contribution is -0.138. The fraction of sp³-hybridized carbons (Fsp3) is 0.450. The van der Waals surface area contributed by atoms with Crippen LogP contribution in [0.3, 0.4) is 0 Å². The number of nitrogens with two attached hydrogens (primary N) is 1. The molecular formula is C20H25N5O2. The molecule has 7 heteroatoms. The zero-order valence-electron chi connectivity index (χ0n) is 15.6. The number of benzene rings is 1. The molecule has 1 atom stereocenters. The Morgan fingerprint density at radius 3 is 2.67 bits per heavy atom. The summed E-state index contributed by atoms with van der Waals surface area (Å²) in [5, 5.41) is 0. The summed E-state index contributed by atoms with van der Waals surface area (Å²) in [5.41, 5.74) is 8.69. The van der Waals surface area contributed by atoms with E-state index in [0.717, 1.165) is 48.6 Å². The lowest BCUT2D eigenvalue weighted by Crippen LogP contribution is -2.50. The number of nitrogens with one attached hydrogen (secondary N) is 1. The second-order valence-electron chi connectivity index (χ2n) is 7.45. The smallest absolute Gasteiger partial charge is 0.248 e. The molecule has 2 aromatic rings. The number of aromatic amines is 1. The number of H-pyrrole nitrogens is 1. The van der Waals surface area contributed by atoms with E-state index in [-0.39, 0.29) is 11.9 Å². The van der Waals surface area contributed by atoms with E-state index in [4.69, 9.17) is 10.7 Å². The Kier molecular flexibility index (Phi) is 4.70. The minimum absolute atomic E-state index is 0.00374. The summed E-state index contributed by atoms with van der Waals surface area (Å²) in [7, 11) is 2.04. The van der Waals surface area contributed by atoms with Gasteiger partial charge in [-0.25, -0.2) is 4.98 Å². The number of carbonyl (C=O) groups is 2. The normalized spacial score (nSPS) is 20.3. The molecule has 1 aromatic carbocycles. The van der Waals surface area contributed by atoms with Gasteiger partial charge in [0.25, 0.3) is 0 Å². The Bertz CT molecular complexity index is 858. The van der Waals surface area contributed by atoms with Crippen molar-refractivity contribution >= 4 is 11.8 Å². The van der Waals surface area contributed by atoms with Crippen LogP contribution in [0.15, 0.2) is 24.3 Å². The van der Waals surface area contributed by atoms with Gasteiger partial charge in [-0.1, -0.05) is 18.6 Å². The van der Waals surface area contributed by atoms with Crippen LogP contribution >= 0.6 is 0 Å². The third kappa shape index (κ3) is 3.47. The molecule has 3 heterocycles. The average molecular weight is 367 g/mol. The summed E-state index contributed by atoms with van der Waals surface area (Å²) in [5.74, 6) is 0.548. The summed E-state index contributed by atoms with van der Waals surface area (Å²) in [4.78, 5) is 36.4. The average Bonchev–Trinajstić information content (AvgIpc) is 3.11. The molecule has 142 valence electrons. The van der Waals surface area contributed by atoms with Crippen LogP contribution in [-0.2, 0) is 17.8 Å². The number of likely N-dealkylation sites (N-methyl/N-ethyl adjacent to an activating group) is 1. The van der Waals surface area contributed by atoms with E-state index in [1.54, 1.807) is 12.1 Å². The molecule has 2 aliphatic rings. The number of primary amides is 1. The van der Waals surface area contributed by atoms with Gasteiger partial charge in [0.2, 0.25) is 11.8 Å². The van der Waals surface area contributed by atoms with Crippen LogP contribution in [0.1, 0.15) is 41.0 Å². The summed E-state index contributed by atoms with van der Waals surface area (Å²) in [6, 6.07) is 7.08. The topological polar surface area (TPSA) is 95.3 Å². The maximum absolute atomic E-state index is 13.0. The number of hydrogen-bond acceptors (Lipinski definition) is 4. The van der Waals surface area contributed by atoms with Gasteiger partial charge in [0.05, 0.1) is 24.0 Å². The first-order valence-corrected chi connectivity index (χ1v) is 9.50. The molecule has 0 radical (unpaired) electrons. The predicted molar refractivity (Wildman–Crippen MR) is 102 cm³/mol. The zero-order chi connectivity index (χ0) is 19.0. The Morgan fingerprint density at radius 2 is 1.96 bits per heavy atom. The molecule has 2 aliphatic heterocycles. The molecule has 0 saturated carbocycles. The summed E-state index contributed by atoms with van der Waals surface area (Å²) < 4.78 is 0. The second kappa shape index (κ2) is 7.15. The predicted octanol–water partition coefficient (Wildman–Crippen LogP) is 1.54. The Morgan fingerprint density at radius 1 is 1.19 bits per heavy atom. The molecule has 4 rings (SSSR count). The minimum atomic E-state index is -0.442. The van der Waals surface area contributed by atoms with Crippen molar-refractivity contribution in [3.05, 3.63) is 41.2 Å². The number of piperidine rings is 1. The van der Waals surface area contributed by atoms with Gasteiger partial charge >= 0.3 is 0 Å². The number of hydrogen-bond donors (Lipinski definition) is 2. The van der Waals surface area contributed by atoms with Gasteiger partial charge in [-0.2, -0.15) is 0 Å². The van der Waals surface area contributed by atoms with Crippen molar-refractivity contribution < 1.29 is 9.59 Å². The fourth-order valence-corrected chi connectivity index (χ4v) is 4.01. The molecule has 2 amide bonds. The lowest BCUT2D eigenvalue weighted by atomic mass is 10.0. The summed E-state index contributed by atoms with van der Waals surface area (Å²) in [6.45, 7) is 2.27. The van der Waals surface area contributed by atoms with Crippen LogP contribution in [0.4, 0.5) is 0 Å². The molecule has 1 fully saturated rings. The number of fused-ring (bicyclic) bond motifs is 1. The van der Waals surface area contributed by atoms with Gasteiger partial charge in [0.15, 0.2) is 0 Å². The molecular weight excluding hydrogens is 342 g/mol. The van der Waals surface area contributed by atoms with Crippen molar-refractivity contribution in [3.8, 4) is 11.4 Å². The molecule has 3 N–H and O–H groups in total. The Labute approximate surface area is 158 Å². The van der Waals surface area contributed by atoms with Gasteiger partial charge in [-0.05, 0) is 38.6 Å². The highest BCUT2D eigenvalue weighted by molar-refractivity contribution is 5.93. The summed E-state index contributed by atoms with van der Waals surface area (Å²) in [6.07, 6.45) is 3.99. The standard InChI is InChI=1S/C20H25N5O2/c1-24-10-3-2-4-17(24)20(27)25-11-9-15-16(12-25)23-19(22-15)14-7-5-13(6-8-14)18(21)26/h5-8,17H,2-4,9-12H2,1H3,(H2,21,26)(H,22,23)/t17-/m1/s1. The molecule has 1 aromatic heterocycles. The van der Waals surface area contributed by atoms with Crippen molar-refractivity contribution in [1.29, 1.82) is 0 Å². The third-order valence-corrected chi connectivity index (χ3v) is 5.64. The van der Waals surface area contributed by atoms with E-state index < -0.39 is 5.91 Å². The first-order chi connectivity index (χ1) is 13.0. The van der Waals surface area contributed by atoms with Crippen LogP contribution in [-0.4, -0.2) is 57.8 Å². The van der Waals surface area contributed by atoms with E-state index in [0.29, 0.717) is 18.7 Å². The molecule has 7 nitrogen and oxygen atoms in total. The highest BCUT2D eigenvalue weighted by Gasteiger charge is 2.32. The van der Waals surface area contributed by atoms with Crippen molar-refractivity contribution in [2.45, 2.75) is 38.3 Å². The molecule has 0 bridgehead atoms. The van der Waals surface area contributed by atoms with Gasteiger partial charge < -0.3 is 15.6 Å². The number of carbonyl (C=O) groups excluding carboxylic acids is 2. The zero-order valence-corrected chi connectivity index (χ0v) is 15.6. The number of rotatable bonds is 3. The molecule has 0 aliphatic carbocycles. The maximum Gasteiger partial charge on any atom is 0.248 e. The first kappa shape index (κ1) is 17.7. The highest BCUT2D eigenvalue weighted by Crippen LogP contribution is 2.25. The number of nitrogens with zero attached hydrogens (tertiary/aromatic N) is 3. The van der Waals surface area contributed by atoms with Gasteiger partial charge in [0, 0.05) is 24.1 Å². The fourth-order valence-electron chi connectivity index (χ4n) is 4.01. The van der Waals surface area contributed by atoms with Crippen molar-refractivity contribution in [2.75, 3.05) is 20.1 Å². The SMILES string of the molecule is CN1CCCC[C@@H]1C(=O)N1CCc2nc(-c3ccc(C(N)=O)cc3)[nH]c2C1. The molecule has 0 spiro atoms.